The number of rotatable bonds is 2. The van der Waals surface area contributed by atoms with E-state index in [4.69, 9.17) is 0 Å². The van der Waals surface area contributed by atoms with Gasteiger partial charge in [-0.05, 0) is 25.5 Å². The second-order valence-corrected chi connectivity index (χ2v) is 5.20. The summed E-state index contributed by atoms with van der Waals surface area (Å²) in [4.78, 5) is 14.1. The smallest absolute Gasteiger partial charge is 0.244 e. The number of aromatic nitrogens is 2. The number of hydrogen-bond donors (Lipinski definition) is 1. The lowest BCUT2D eigenvalue weighted by molar-refractivity contribution is -0.131. The molecule has 2 aliphatic heterocycles. The van der Waals surface area contributed by atoms with Crippen LogP contribution in [-0.2, 0) is 11.3 Å². The third-order valence-corrected chi connectivity index (χ3v) is 3.98. The quantitative estimate of drug-likeness (QED) is 0.885. The van der Waals surface area contributed by atoms with Crippen molar-refractivity contribution >= 4 is 30.7 Å². The number of amides is 1. The number of carbonyl (C=O) groups is 1. The number of nitrogens with one attached hydrogen (secondary N) is 1. The summed E-state index contributed by atoms with van der Waals surface area (Å²) in [7, 11) is 0. The molecule has 1 aromatic heterocycles. The third kappa shape index (κ3) is 3.41. The number of hydrogen-bond acceptors (Lipinski definition) is 3. The van der Waals surface area contributed by atoms with Gasteiger partial charge in [-0.25, -0.2) is 0 Å². The zero-order valence-corrected chi connectivity index (χ0v) is 12.4. The monoisotopic (exact) mass is 306 g/mol. The van der Waals surface area contributed by atoms with E-state index >= 15 is 0 Å². The van der Waals surface area contributed by atoms with Gasteiger partial charge in [-0.1, -0.05) is 0 Å². The van der Waals surface area contributed by atoms with E-state index in [1.54, 1.807) is 10.9 Å². The molecule has 3 heterocycles. The summed E-state index contributed by atoms with van der Waals surface area (Å²) < 4.78 is 1.69. The Hall–Kier alpha value is -0.780. The fraction of sp³-hybridized carbons (Fsp3) is 0.667. The minimum atomic E-state index is 0. The zero-order valence-electron chi connectivity index (χ0n) is 10.7. The normalized spacial score (nSPS) is 25.2. The van der Waals surface area contributed by atoms with Gasteiger partial charge in [0.2, 0.25) is 5.91 Å². The fourth-order valence-electron chi connectivity index (χ4n) is 2.92. The van der Waals surface area contributed by atoms with Crippen LogP contribution in [0.1, 0.15) is 12.8 Å². The highest BCUT2D eigenvalue weighted by molar-refractivity contribution is 5.85. The van der Waals surface area contributed by atoms with Crippen molar-refractivity contribution in [1.29, 1.82) is 0 Å². The van der Waals surface area contributed by atoms with Gasteiger partial charge >= 0.3 is 0 Å². The molecule has 3 rings (SSSR count). The van der Waals surface area contributed by atoms with Crippen molar-refractivity contribution in [3.05, 3.63) is 18.5 Å². The molecular weight excluding hydrogens is 287 g/mol. The summed E-state index contributed by atoms with van der Waals surface area (Å²) >= 11 is 0. The topological polar surface area (TPSA) is 50.2 Å². The summed E-state index contributed by atoms with van der Waals surface area (Å²) in [6.07, 6.45) is 5.89. The standard InChI is InChI=1S/C12H18N4O.2ClH/c17-11(8-16-6-1-4-14-16)15-7-3-12(10-15)2-5-13-9-12;;/h1,4,6,13H,2-3,5,7-10H2;2*1H. The Morgan fingerprint density at radius 1 is 1.37 bits per heavy atom. The van der Waals surface area contributed by atoms with E-state index < -0.39 is 0 Å². The van der Waals surface area contributed by atoms with E-state index in [0.29, 0.717) is 12.0 Å². The maximum atomic E-state index is 12.1. The summed E-state index contributed by atoms with van der Waals surface area (Å²) in [6.45, 7) is 4.36. The first kappa shape index (κ1) is 16.3. The Bertz CT molecular complexity index is 404. The van der Waals surface area contributed by atoms with Gasteiger partial charge in [-0.15, -0.1) is 24.8 Å². The van der Waals surface area contributed by atoms with Crippen molar-refractivity contribution in [3.8, 4) is 0 Å². The maximum absolute atomic E-state index is 12.1. The van der Waals surface area contributed by atoms with E-state index in [1.807, 2.05) is 17.2 Å². The van der Waals surface area contributed by atoms with Crippen molar-refractivity contribution in [2.75, 3.05) is 26.2 Å². The first-order valence-corrected chi connectivity index (χ1v) is 6.23. The highest BCUT2D eigenvalue weighted by Crippen LogP contribution is 2.35. The van der Waals surface area contributed by atoms with Gasteiger partial charge in [-0.2, -0.15) is 5.10 Å². The number of likely N-dealkylation sites (tertiary alicyclic amines) is 1. The molecule has 2 aliphatic rings. The van der Waals surface area contributed by atoms with E-state index in [-0.39, 0.29) is 30.7 Å². The van der Waals surface area contributed by atoms with Gasteiger partial charge in [0.25, 0.3) is 0 Å². The lowest BCUT2D eigenvalue weighted by atomic mass is 9.87. The van der Waals surface area contributed by atoms with Gasteiger partial charge in [0.1, 0.15) is 6.54 Å². The predicted molar refractivity (Wildman–Crippen MR) is 77.8 cm³/mol. The molecule has 1 spiro atoms. The molecular formula is C12H20Cl2N4O. The van der Waals surface area contributed by atoms with Crippen LogP contribution in [0.25, 0.3) is 0 Å². The molecule has 0 aliphatic carbocycles. The molecule has 1 aromatic rings. The molecule has 1 atom stereocenters. The molecule has 2 saturated heterocycles. The Kier molecular flexibility index (Phi) is 5.64. The summed E-state index contributed by atoms with van der Waals surface area (Å²) in [5.74, 6) is 0.192. The summed E-state index contributed by atoms with van der Waals surface area (Å²) in [5.41, 5.74) is 0.361. The van der Waals surface area contributed by atoms with Crippen LogP contribution in [0.4, 0.5) is 0 Å². The van der Waals surface area contributed by atoms with Crippen LogP contribution in [0.3, 0.4) is 0 Å². The summed E-state index contributed by atoms with van der Waals surface area (Å²) in [6, 6.07) is 1.85. The van der Waals surface area contributed by atoms with E-state index in [0.717, 1.165) is 32.6 Å². The van der Waals surface area contributed by atoms with Crippen LogP contribution in [0, 0.1) is 5.41 Å². The van der Waals surface area contributed by atoms with Crippen molar-refractivity contribution in [3.63, 3.8) is 0 Å². The predicted octanol–water partition coefficient (Wildman–Crippen LogP) is 0.939. The van der Waals surface area contributed by atoms with E-state index in [9.17, 15) is 4.79 Å². The molecule has 1 N–H and O–H groups in total. The molecule has 0 saturated carbocycles. The Balaban J connectivity index is 0.000000902. The van der Waals surface area contributed by atoms with Crippen LogP contribution >= 0.6 is 24.8 Å². The first-order chi connectivity index (χ1) is 8.27. The van der Waals surface area contributed by atoms with Crippen LogP contribution in [0.15, 0.2) is 18.5 Å². The second kappa shape index (κ2) is 6.59. The molecule has 19 heavy (non-hydrogen) atoms. The van der Waals surface area contributed by atoms with Gasteiger partial charge in [0, 0.05) is 37.4 Å². The van der Waals surface area contributed by atoms with Gasteiger partial charge in [-0.3, -0.25) is 9.48 Å². The molecule has 2 fully saturated rings. The average Bonchev–Trinajstić information content (AvgIpc) is 3.03. The molecule has 1 unspecified atom stereocenters. The maximum Gasteiger partial charge on any atom is 0.244 e. The summed E-state index contributed by atoms with van der Waals surface area (Å²) in [5, 5.41) is 7.48. The van der Waals surface area contributed by atoms with E-state index in [2.05, 4.69) is 10.4 Å². The number of halogens is 2. The Labute approximate surface area is 125 Å². The van der Waals surface area contributed by atoms with Crippen molar-refractivity contribution in [2.45, 2.75) is 19.4 Å². The third-order valence-electron chi connectivity index (χ3n) is 3.98. The van der Waals surface area contributed by atoms with Gasteiger partial charge in [0.05, 0.1) is 0 Å². The molecule has 0 radical (unpaired) electrons. The lowest BCUT2D eigenvalue weighted by Crippen LogP contribution is -2.35. The average molecular weight is 307 g/mol. The van der Waals surface area contributed by atoms with E-state index in [1.165, 1.54) is 6.42 Å². The van der Waals surface area contributed by atoms with Crippen molar-refractivity contribution in [1.82, 2.24) is 20.0 Å². The van der Waals surface area contributed by atoms with Crippen LogP contribution < -0.4 is 5.32 Å². The number of carbonyl (C=O) groups excluding carboxylic acids is 1. The lowest BCUT2D eigenvalue weighted by Gasteiger charge is -2.22. The molecule has 1 amide bonds. The molecule has 7 heteroatoms. The Morgan fingerprint density at radius 3 is 2.84 bits per heavy atom. The second-order valence-electron chi connectivity index (χ2n) is 5.20. The fourth-order valence-corrected chi connectivity index (χ4v) is 2.92. The van der Waals surface area contributed by atoms with Crippen LogP contribution in [0.2, 0.25) is 0 Å². The van der Waals surface area contributed by atoms with Crippen molar-refractivity contribution < 1.29 is 4.79 Å². The highest BCUT2D eigenvalue weighted by Gasteiger charge is 2.41. The zero-order chi connectivity index (χ0) is 11.7. The van der Waals surface area contributed by atoms with Gasteiger partial charge in [0.15, 0.2) is 0 Å². The molecule has 0 aromatic carbocycles. The highest BCUT2D eigenvalue weighted by atomic mass is 35.5. The van der Waals surface area contributed by atoms with Gasteiger partial charge < -0.3 is 10.2 Å². The minimum Gasteiger partial charge on any atom is -0.340 e. The Morgan fingerprint density at radius 2 is 2.21 bits per heavy atom. The molecule has 0 bridgehead atoms. The minimum absolute atomic E-state index is 0. The van der Waals surface area contributed by atoms with Crippen LogP contribution in [0.5, 0.6) is 0 Å². The largest absolute Gasteiger partial charge is 0.340 e. The SMILES string of the molecule is Cl.Cl.O=C(Cn1cccn1)N1CCC2(CCNC2)C1. The van der Waals surface area contributed by atoms with Crippen LogP contribution in [-0.4, -0.2) is 46.8 Å². The molecule has 108 valence electrons. The van der Waals surface area contributed by atoms with Crippen molar-refractivity contribution in [2.24, 2.45) is 5.41 Å². The number of nitrogens with zero attached hydrogens (tertiary/aromatic N) is 3. The first-order valence-electron chi connectivity index (χ1n) is 6.23. The molecule has 5 nitrogen and oxygen atoms in total.